The van der Waals surface area contributed by atoms with Crippen LogP contribution in [0.3, 0.4) is 0 Å². The van der Waals surface area contributed by atoms with Gasteiger partial charge in [-0.15, -0.1) is 0 Å². The molecule has 0 heterocycles. The van der Waals surface area contributed by atoms with Crippen LogP contribution in [0.5, 0.6) is 0 Å². The number of benzene rings is 1. The zero-order valence-corrected chi connectivity index (χ0v) is 12.0. The van der Waals surface area contributed by atoms with Gasteiger partial charge in [-0.05, 0) is 26.0 Å². The van der Waals surface area contributed by atoms with Gasteiger partial charge in [-0.3, -0.25) is 0 Å². The summed E-state index contributed by atoms with van der Waals surface area (Å²) < 4.78 is 0. The smallest absolute Gasteiger partial charge is 0.127 e. The molecule has 1 aromatic carbocycles. The van der Waals surface area contributed by atoms with Gasteiger partial charge in [0.1, 0.15) is 19.6 Å². The fourth-order valence-electron chi connectivity index (χ4n) is 2.08. The molecule has 1 atom stereocenters. The van der Waals surface area contributed by atoms with Crippen LogP contribution in [0.4, 0.5) is 0 Å². The molecule has 1 unspecified atom stereocenters. The second-order valence-corrected chi connectivity index (χ2v) is 5.16. The Morgan fingerprint density at radius 3 is 2.41 bits per heavy atom. The van der Waals surface area contributed by atoms with E-state index in [0.717, 1.165) is 11.6 Å². The summed E-state index contributed by atoms with van der Waals surface area (Å²) in [5.74, 6) is 0. The van der Waals surface area contributed by atoms with Gasteiger partial charge in [0.05, 0.1) is 20.1 Å². The third-order valence-electron chi connectivity index (χ3n) is 3.30. The van der Waals surface area contributed by atoms with E-state index in [-0.39, 0.29) is 0 Å². The Hall–Kier alpha value is -0.570. The Bertz CT molecular complexity index is 324. The first-order valence-electron chi connectivity index (χ1n) is 6.55. The van der Waals surface area contributed by atoms with Crippen molar-refractivity contribution < 1.29 is 9.80 Å². The first-order chi connectivity index (χ1) is 8.15. The molecule has 0 amide bonds. The lowest BCUT2D eigenvalue weighted by molar-refractivity contribution is -0.953. The number of likely N-dealkylation sites (N-methyl/N-ethyl adjacent to an activating group) is 2. The molecule has 0 saturated carbocycles. The van der Waals surface area contributed by atoms with Crippen molar-refractivity contribution in [3.05, 3.63) is 34.9 Å². The normalized spacial score (nSPS) is 13.0. The maximum absolute atomic E-state index is 5.99. The van der Waals surface area contributed by atoms with Crippen molar-refractivity contribution in [2.75, 3.05) is 33.2 Å². The lowest BCUT2D eigenvalue weighted by Crippen LogP contribution is -3.18. The summed E-state index contributed by atoms with van der Waals surface area (Å²) in [5, 5.41) is 0.838. The number of rotatable bonds is 7. The number of nitrogens with one attached hydrogen (secondary N) is 2. The molecule has 17 heavy (non-hydrogen) atoms. The molecule has 0 aliphatic rings. The van der Waals surface area contributed by atoms with E-state index < -0.39 is 0 Å². The van der Waals surface area contributed by atoms with Gasteiger partial charge in [0.2, 0.25) is 0 Å². The lowest BCUT2D eigenvalue weighted by Gasteiger charge is -2.19. The summed E-state index contributed by atoms with van der Waals surface area (Å²) in [7, 11) is 2.25. The number of hydrogen-bond donors (Lipinski definition) is 2. The SMILES string of the molecule is CC[NH+](CC)CC[NH+](C)Cc1cccc(Cl)c1. The summed E-state index contributed by atoms with van der Waals surface area (Å²) in [6, 6.07) is 8.18. The first-order valence-corrected chi connectivity index (χ1v) is 6.92. The van der Waals surface area contributed by atoms with Gasteiger partial charge in [0.25, 0.3) is 0 Å². The van der Waals surface area contributed by atoms with Gasteiger partial charge in [-0.2, -0.15) is 0 Å². The van der Waals surface area contributed by atoms with Crippen molar-refractivity contribution in [3.8, 4) is 0 Å². The van der Waals surface area contributed by atoms with E-state index in [1.807, 2.05) is 12.1 Å². The third-order valence-corrected chi connectivity index (χ3v) is 3.54. The number of halogens is 1. The molecular formula is C14H25ClN2+2. The van der Waals surface area contributed by atoms with Gasteiger partial charge < -0.3 is 9.80 Å². The minimum Gasteiger partial charge on any atom is -0.331 e. The molecular weight excluding hydrogens is 232 g/mol. The van der Waals surface area contributed by atoms with E-state index in [4.69, 9.17) is 11.6 Å². The first kappa shape index (κ1) is 14.5. The third kappa shape index (κ3) is 5.53. The summed E-state index contributed by atoms with van der Waals surface area (Å²) in [6.07, 6.45) is 0. The van der Waals surface area contributed by atoms with Crippen LogP contribution in [-0.4, -0.2) is 33.2 Å². The van der Waals surface area contributed by atoms with Crippen molar-refractivity contribution in [3.63, 3.8) is 0 Å². The van der Waals surface area contributed by atoms with Gasteiger partial charge in [-0.1, -0.05) is 23.7 Å². The lowest BCUT2D eigenvalue weighted by atomic mass is 10.2. The van der Waals surface area contributed by atoms with Gasteiger partial charge in [-0.25, -0.2) is 0 Å². The van der Waals surface area contributed by atoms with E-state index >= 15 is 0 Å². The maximum atomic E-state index is 5.99. The summed E-state index contributed by atoms with van der Waals surface area (Å²) in [5.41, 5.74) is 1.32. The van der Waals surface area contributed by atoms with E-state index in [1.54, 1.807) is 9.80 Å². The fraction of sp³-hybridized carbons (Fsp3) is 0.571. The van der Waals surface area contributed by atoms with Crippen molar-refractivity contribution in [1.82, 2.24) is 0 Å². The molecule has 0 saturated heterocycles. The molecule has 2 N–H and O–H groups in total. The number of hydrogen-bond acceptors (Lipinski definition) is 0. The summed E-state index contributed by atoms with van der Waals surface area (Å²) in [6.45, 7) is 10.5. The number of quaternary nitrogens is 2. The second-order valence-electron chi connectivity index (χ2n) is 4.72. The molecule has 1 rings (SSSR count). The van der Waals surface area contributed by atoms with Crippen LogP contribution in [0.1, 0.15) is 19.4 Å². The fourth-order valence-corrected chi connectivity index (χ4v) is 2.29. The minimum absolute atomic E-state index is 0.838. The average molecular weight is 257 g/mol. The minimum atomic E-state index is 0.838. The van der Waals surface area contributed by atoms with E-state index in [2.05, 4.69) is 33.0 Å². The van der Waals surface area contributed by atoms with Gasteiger partial charge in [0.15, 0.2) is 0 Å². The van der Waals surface area contributed by atoms with Crippen LogP contribution in [0.2, 0.25) is 5.02 Å². The molecule has 2 nitrogen and oxygen atoms in total. The molecule has 0 spiro atoms. The highest BCUT2D eigenvalue weighted by Gasteiger charge is 2.08. The predicted molar refractivity (Wildman–Crippen MR) is 73.8 cm³/mol. The van der Waals surface area contributed by atoms with Gasteiger partial charge >= 0.3 is 0 Å². The summed E-state index contributed by atoms with van der Waals surface area (Å²) in [4.78, 5) is 3.22. The monoisotopic (exact) mass is 256 g/mol. The van der Waals surface area contributed by atoms with Crippen molar-refractivity contribution in [1.29, 1.82) is 0 Å². The molecule has 0 fully saturated rings. The molecule has 3 heteroatoms. The van der Waals surface area contributed by atoms with E-state index in [0.29, 0.717) is 0 Å². The zero-order valence-electron chi connectivity index (χ0n) is 11.2. The van der Waals surface area contributed by atoms with Crippen LogP contribution in [0.25, 0.3) is 0 Å². The standard InChI is InChI=1S/C14H23ClN2/c1-4-17(5-2)10-9-16(3)12-13-7-6-8-14(15)11-13/h6-8,11H,4-5,9-10,12H2,1-3H3/p+2. The van der Waals surface area contributed by atoms with Crippen LogP contribution >= 0.6 is 11.6 Å². The molecule has 0 radical (unpaired) electrons. The Balaban J connectivity index is 2.36. The zero-order chi connectivity index (χ0) is 12.7. The van der Waals surface area contributed by atoms with Crippen LogP contribution in [0.15, 0.2) is 24.3 Å². The quantitative estimate of drug-likeness (QED) is 0.694. The van der Waals surface area contributed by atoms with Crippen molar-refractivity contribution in [2.45, 2.75) is 20.4 Å². The highest BCUT2D eigenvalue weighted by molar-refractivity contribution is 6.30. The highest BCUT2D eigenvalue weighted by atomic mass is 35.5. The molecule has 1 aromatic rings. The Kier molecular flexibility index (Phi) is 6.56. The summed E-state index contributed by atoms with van der Waals surface area (Å²) >= 11 is 5.99. The second kappa shape index (κ2) is 7.70. The molecule has 0 aromatic heterocycles. The molecule has 96 valence electrons. The Labute approximate surface area is 110 Å². The van der Waals surface area contributed by atoms with E-state index in [1.165, 1.54) is 31.7 Å². The molecule has 0 bridgehead atoms. The highest BCUT2D eigenvalue weighted by Crippen LogP contribution is 2.09. The molecule has 0 aliphatic carbocycles. The maximum Gasteiger partial charge on any atom is 0.127 e. The largest absolute Gasteiger partial charge is 0.331 e. The van der Waals surface area contributed by atoms with E-state index in [9.17, 15) is 0 Å². The predicted octanol–water partition coefficient (Wildman–Crippen LogP) is 0.279. The molecule has 0 aliphatic heterocycles. The van der Waals surface area contributed by atoms with Crippen molar-refractivity contribution >= 4 is 11.6 Å². The topological polar surface area (TPSA) is 8.88 Å². The van der Waals surface area contributed by atoms with Crippen LogP contribution < -0.4 is 9.80 Å². The Morgan fingerprint density at radius 2 is 1.82 bits per heavy atom. The van der Waals surface area contributed by atoms with Gasteiger partial charge in [0, 0.05) is 10.6 Å². The van der Waals surface area contributed by atoms with Crippen LogP contribution in [-0.2, 0) is 6.54 Å². The van der Waals surface area contributed by atoms with Crippen LogP contribution in [0, 0.1) is 0 Å². The average Bonchev–Trinajstić information content (AvgIpc) is 2.30. The Morgan fingerprint density at radius 1 is 1.12 bits per heavy atom. The van der Waals surface area contributed by atoms with Crippen molar-refractivity contribution in [2.24, 2.45) is 0 Å².